The van der Waals surface area contributed by atoms with E-state index in [0.717, 1.165) is 23.5 Å². The maximum atomic E-state index is 14.9. The Morgan fingerprint density at radius 1 is 1.30 bits per heavy atom. The third-order valence-corrected chi connectivity index (χ3v) is 9.38. The number of aromatic nitrogens is 3. The summed E-state index contributed by atoms with van der Waals surface area (Å²) in [6.07, 6.45) is -1.23. The summed E-state index contributed by atoms with van der Waals surface area (Å²) in [5, 5.41) is 18.6. The van der Waals surface area contributed by atoms with Gasteiger partial charge in [0.1, 0.15) is 9.84 Å². The fourth-order valence-electron chi connectivity index (χ4n) is 4.83. The van der Waals surface area contributed by atoms with Crippen molar-refractivity contribution >= 4 is 9.84 Å². The molecule has 2 N–H and O–H groups in total. The SMILES string of the molecule is CC(n1nc(-c2cc(OCC(F)(F)F)ncc2F)c2c1CC(C#CNC1(C)CCS(=O)(=O)CC1)CC2)C(C)(C)O. The van der Waals surface area contributed by atoms with Crippen LogP contribution in [0.4, 0.5) is 17.6 Å². The van der Waals surface area contributed by atoms with E-state index in [0.29, 0.717) is 32.1 Å². The van der Waals surface area contributed by atoms with E-state index in [9.17, 15) is 31.1 Å². The van der Waals surface area contributed by atoms with Crippen molar-refractivity contribution in [2.45, 2.75) is 83.2 Å². The molecule has 13 heteroatoms. The molecular weight excluding hydrogens is 552 g/mol. The summed E-state index contributed by atoms with van der Waals surface area (Å²) >= 11 is 0. The molecular formula is C27H34F4N4O4S. The maximum absolute atomic E-state index is 14.9. The van der Waals surface area contributed by atoms with Crippen LogP contribution in [0.3, 0.4) is 0 Å². The normalized spacial score (nSPS) is 21.1. The van der Waals surface area contributed by atoms with Crippen LogP contribution < -0.4 is 10.1 Å². The summed E-state index contributed by atoms with van der Waals surface area (Å²) in [6, 6.07) is 3.64. The number of fused-ring (bicyclic) bond motifs is 1. The van der Waals surface area contributed by atoms with E-state index in [1.165, 1.54) is 0 Å². The molecule has 1 aliphatic carbocycles. The zero-order chi connectivity index (χ0) is 29.5. The number of rotatable bonds is 6. The van der Waals surface area contributed by atoms with E-state index in [1.54, 1.807) is 25.5 Å². The Bertz CT molecular complexity index is 1410. The highest BCUT2D eigenvalue weighted by Crippen LogP contribution is 2.38. The second kappa shape index (κ2) is 10.9. The van der Waals surface area contributed by atoms with Gasteiger partial charge in [0.25, 0.3) is 0 Å². The summed E-state index contributed by atoms with van der Waals surface area (Å²) in [5.74, 6) is 2.27. The molecule has 2 aromatic heterocycles. The number of hydrogen-bond donors (Lipinski definition) is 2. The molecule has 0 bridgehead atoms. The Morgan fingerprint density at radius 3 is 2.60 bits per heavy atom. The van der Waals surface area contributed by atoms with Gasteiger partial charge in [-0.3, -0.25) is 4.68 Å². The van der Waals surface area contributed by atoms with Crippen LogP contribution in [-0.2, 0) is 22.7 Å². The molecule has 2 aromatic rings. The summed E-state index contributed by atoms with van der Waals surface area (Å²) in [7, 11) is -3.00. The van der Waals surface area contributed by atoms with Crippen molar-refractivity contribution < 1.29 is 35.8 Å². The number of pyridine rings is 1. The minimum absolute atomic E-state index is 0.0310. The average molecular weight is 587 g/mol. The van der Waals surface area contributed by atoms with E-state index in [2.05, 4.69) is 27.4 Å². The van der Waals surface area contributed by atoms with Crippen LogP contribution >= 0.6 is 0 Å². The monoisotopic (exact) mass is 586 g/mol. The highest BCUT2D eigenvalue weighted by molar-refractivity contribution is 7.91. The molecule has 3 heterocycles. The second-order valence-electron chi connectivity index (χ2n) is 11.5. The van der Waals surface area contributed by atoms with Crippen molar-refractivity contribution in [2.75, 3.05) is 18.1 Å². The van der Waals surface area contributed by atoms with Gasteiger partial charge >= 0.3 is 6.18 Å². The third kappa shape index (κ3) is 7.07. The molecule has 1 saturated heterocycles. The molecule has 40 heavy (non-hydrogen) atoms. The first-order valence-corrected chi connectivity index (χ1v) is 14.9. The minimum Gasteiger partial charge on any atom is -0.468 e. The van der Waals surface area contributed by atoms with Crippen molar-refractivity contribution in [2.24, 2.45) is 5.92 Å². The van der Waals surface area contributed by atoms with Crippen molar-refractivity contribution in [1.82, 2.24) is 20.1 Å². The lowest BCUT2D eigenvalue weighted by Crippen LogP contribution is -2.46. The predicted octanol–water partition coefficient (Wildman–Crippen LogP) is 3.98. The molecule has 0 spiro atoms. The van der Waals surface area contributed by atoms with Crippen molar-refractivity contribution in [3.05, 3.63) is 29.3 Å². The van der Waals surface area contributed by atoms with Gasteiger partial charge in [0, 0.05) is 46.8 Å². The molecule has 2 aliphatic rings. The average Bonchev–Trinajstić information content (AvgIpc) is 3.22. The molecule has 0 amide bonds. The second-order valence-corrected chi connectivity index (χ2v) is 13.8. The maximum Gasteiger partial charge on any atom is 0.422 e. The van der Waals surface area contributed by atoms with Crippen LogP contribution in [0, 0.1) is 23.7 Å². The number of halogens is 4. The molecule has 2 atom stereocenters. The van der Waals surface area contributed by atoms with Gasteiger partial charge in [0.2, 0.25) is 5.88 Å². The van der Waals surface area contributed by atoms with Crippen molar-refractivity contribution in [3.63, 3.8) is 0 Å². The Balaban J connectivity index is 1.63. The van der Waals surface area contributed by atoms with Gasteiger partial charge in [-0.2, -0.15) is 18.3 Å². The summed E-state index contributed by atoms with van der Waals surface area (Å²) in [5.41, 5.74) is 0.162. The van der Waals surface area contributed by atoms with E-state index in [-0.39, 0.29) is 34.6 Å². The molecule has 0 aromatic carbocycles. The van der Waals surface area contributed by atoms with Gasteiger partial charge in [-0.25, -0.2) is 17.8 Å². The number of ether oxygens (including phenoxy) is 1. The molecule has 2 unspecified atom stereocenters. The van der Waals surface area contributed by atoms with Crippen LogP contribution in [0.15, 0.2) is 12.3 Å². The summed E-state index contributed by atoms with van der Waals surface area (Å²) < 4.78 is 82.8. The van der Waals surface area contributed by atoms with Crippen LogP contribution in [0.1, 0.15) is 64.3 Å². The number of hydrogen-bond acceptors (Lipinski definition) is 7. The van der Waals surface area contributed by atoms with Gasteiger partial charge in [-0.05, 0) is 53.4 Å². The Kier molecular flexibility index (Phi) is 8.17. The summed E-state index contributed by atoms with van der Waals surface area (Å²) in [6.45, 7) is 5.45. The number of sulfone groups is 1. The molecule has 4 rings (SSSR count). The first-order chi connectivity index (χ1) is 18.5. The number of alkyl halides is 3. The fourth-order valence-corrected chi connectivity index (χ4v) is 6.56. The largest absolute Gasteiger partial charge is 0.468 e. The van der Waals surface area contributed by atoms with E-state index in [1.807, 2.05) is 6.92 Å². The standard InChI is InChI=1S/C27H34F4N4O4S/c1-17(25(2,3)36)35-22-13-18(7-10-33-26(4)8-11-40(37,38)12-9-26)5-6-19(22)24(34-35)20-14-23(32-15-21(20)28)39-16-27(29,30)31/h14-15,17-18,33,36H,5-6,8-9,11-13,16H2,1-4H3. The van der Waals surface area contributed by atoms with Crippen LogP contribution in [0.25, 0.3) is 11.3 Å². The molecule has 0 saturated carbocycles. The Morgan fingerprint density at radius 2 is 1.98 bits per heavy atom. The van der Waals surface area contributed by atoms with Gasteiger partial charge in [-0.15, -0.1) is 0 Å². The van der Waals surface area contributed by atoms with E-state index in [4.69, 9.17) is 4.74 Å². The lowest BCUT2D eigenvalue weighted by atomic mass is 9.85. The van der Waals surface area contributed by atoms with Gasteiger partial charge in [0.05, 0.1) is 35.0 Å². The zero-order valence-corrected chi connectivity index (χ0v) is 23.7. The van der Waals surface area contributed by atoms with Crippen molar-refractivity contribution in [3.8, 4) is 29.1 Å². The smallest absolute Gasteiger partial charge is 0.422 e. The molecule has 1 aliphatic heterocycles. The van der Waals surface area contributed by atoms with E-state index < -0.39 is 45.6 Å². The Hall–Kier alpha value is -2.85. The third-order valence-electron chi connectivity index (χ3n) is 7.73. The van der Waals surface area contributed by atoms with Crippen LogP contribution in [0.2, 0.25) is 0 Å². The first-order valence-electron chi connectivity index (χ1n) is 13.1. The van der Waals surface area contributed by atoms with Gasteiger partial charge in [0.15, 0.2) is 12.4 Å². The van der Waals surface area contributed by atoms with E-state index >= 15 is 0 Å². The molecule has 220 valence electrons. The highest BCUT2D eigenvalue weighted by Gasteiger charge is 2.35. The van der Waals surface area contributed by atoms with Gasteiger partial charge < -0.3 is 15.2 Å². The number of nitrogens with zero attached hydrogens (tertiary/aromatic N) is 3. The lowest BCUT2D eigenvalue weighted by Gasteiger charge is -2.32. The van der Waals surface area contributed by atoms with Crippen LogP contribution in [-0.4, -0.2) is 63.7 Å². The van der Waals surface area contributed by atoms with Crippen molar-refractivity contribution in [1.29, 1.82) is 0 Å². The quantitative estimate of drug-likeness (QED) is 0.300. The first kappa shape index (κ1) is 30.1. The number of aliphatic hydroxyl groups is 1. The Labute approximate surface area is 231 Å². The van der Waals surface area contributed by atoms with Gasteiger partial charge in [-0.1, -0.05) is 5.92 Å². The summed E-state index contributed by atoms with van der Waals surface area (Å²) in [4.78, 5) is 3.63. The lowest BCUT2D eigenvalue weighted by molar-refractivity contribution is -0.154. The minimum atomic E-state index is -4.57. The molecule has 1 fully saturated rings. The number of nitrogens with one attached hydrogen (secondary N) is 1. The highest BCUT2D eigenvalue weighted by atomic mass is 32.2. The van der Waals surface area contributed by atoms with Crippen LogP contribution in [0.5, 0.6) is 5.88 Å². The molecule has 8 nitrogen and oxygen atoms in total. The zero-order valence-electron chi connectivity index (χ0n) is 22.9. The topological polar surface area (TPSA) is 106 Å². The fraction of sp³-hybridized carbons (Fsp3) is 0.630. The predicted molar refractivity (Wildman–Crippen MR) is 141 cm³/mol. The molecule has 0 radical (unpaired) electrons.